The van der Waals surface area contributed by atoms with Crippen LogP contribution in [0.3, 0.4) is 0 Å². The highest BCUT2D eigenvalue weighted by molar-refractivity contribution is 5.95. The van der Waals surface area contributed by atoms with Crippen molar-refractivity contribution in [2.24, 2.45) is 4.99 Å². The highest BCUT2D eigenvalue weighted by Gasteiger charge is 2.32. The van der Waals surface area contributed by atoms with Gasteiger partial charge in [0.25, 0.3) is 5.91 Å². The van der Waals surface area contributed by atoms with Gasteiger partial charge in [-0.15, -0.1) is 0 Å². The summed E-state index contributed by atoms with van der Waals surface area (Å²) in [5.41, 5.74) is 7.12. The minimum Gasteiger partial charge on any atom is -0.390 e. The zero-order valence-corrected chi connectivity index (χ0v) is 22.0. The first kappa shape index (κ1) is 26.3. The summed E-state index contributed by atoms with van der Waals surface area (Å²) < 4.78 is 13.1. The third-order valence-electron chi connectivity index (χ3n) is 7.02. The summed E-state index contributed by atoms with van der Waals surface area (Å²) in [5.74, 6) is 0.215. The normalized spacial score (nSPS) is 16.6. The Morgan fingerprint density at radius 3 is 2.62 bits per heavy atom. The van der Waals surface area contributed by atoms with Crippen LogP contribution in [-0.2, 0) is 12.8 Å². The molecule has 6 nitrogen and oxygen atoms in total. The molecule has 0 radical (unpaired) electrons. The average Bonchev–Trinajstić information content (AvgIpc) is 3.24. The number of benzene rings is 3. The molecule has 1 aliphatic rings. The van der Waals surface area contributed by atoms with Crippen molar-refractivity contribution in [3.63, 3.8) is 0 Å². The van der Waals surface area contributed by atoms with E-state index in [0.717, 1.165) is 45.0 Å². The number of aliphatic hydroxyl groups is 1. The number of aryl methyl sites for hydroxylation is 1. The van der Waals surface area contributed by atoms with Crippen LogP contribution in [-0.4, -0.2) is 34.5 Å². The molecule has 5 rings (SSSR count). The van der Waals surface area contributed by atoms with Gasteiger partial charge in [0.2, 0.25) is 0 Å². The molecule has 1 aromatic heterocycles. The monoisotopic (exact) mass is 522 g/mol. The minimum atomic E-state index is -0.719. The van der Waals surface area contributed by atoms with Gasteiger partial charge in [0, 0.05) is 30.4 Å². The number of anilines is 1. The van der Waals surface area contributed by atoms with Gasteiger partial charge in [-0.25, -0.2) is 4.39 Å². The molecule has 4 aromatic rings. The Bertz CT molecular complexity index is 1500. The predicted molar refractivity (Wildman–Crippen MR) is 152 cm³/mol. The number of nitrogens with one attached hydrogen (secondary N) is 2. The molecular weight excluding hydrogens is 491 g/mol. The summed E-state index contributed by atoms with van der Waals surface area (Å²) in [4.78, 5) is 22.1. The summed E-state index contributed by atoms with van der Waals surface area (Å²) in [6, 6.07) is 23.4. The maximum atomic E-state index is 13.1. The third-order valence-corrected chi connectivity index (χ3v) is 7.02. The molecule has 0 saturated carbocycles. The average molecular weight is 523 g/mol. The first-order chi connectivity index (χ1) is 18.9. The first-order valence-corrected chi connectivity index (χ1v) is 13.0. The van der Waals surface area contributed by atoms with E-state index < -0.39 is 12.1 Å². The standard InChI is InChI=1S/C32H31FN4O2/c1-20-5-3-4-6-27(20)29-14-10-24(19-35-29)32(39)37-31-28-18-26(13-9-23(28)17-30(31)38)36-21(2)34-16-15-22-7-11-25(33)12-8-22/h3-14,18-19,30-31,38H,15-17H2,1-2H3,(H,34,36)(H,37,39)/t30-,31-/m1/s1. The number of aliphatic imine (C=N–C) groups is 1. The second-order valence-electron chi connectivity index (χ2n) is 9.85. The van der Waals surface area contributed by atoms with Gasteiger partial charge in [-0.3, -0.25) is 14.8 Å². The summed E-state index contributed by atoms with van der Waals surface area (Å²) in [7, 11) is 0. The summed E-state index contributed by atoms with van der Waals surface area (Å²) in [5, 5.41) is 17.0. The van der Waals surface area contributed by atoms with E-state index in [2.05, 4.69) is 20.6 Å². The van der Waals surface area contributed by atoms with Crippen LogP contribution in [0, 0.1) is 12.7 Å². The first-order valence-electron chi connectivity index (χ1n) is 13.0. The Labute approximate surface area is 227 Å². The van der Waals surface area contributed by atoms with Crippen molar-refractivity contribution in [1.29, 1.82) is 0 Å². The Balaban J connectivity index is 1.24. The number of hydrogen-bond donors (Lipinski definition) is 3. The fraction of sp³-hybridized carbons (Fsp3) is 0.219. The molecule has 2 atom stereocenters. The van der Waals surface area contributed by atoms with Crippen molar-refractivity contribution in [1.82, 2.24) is 10.3 Å². The van der Waals surface area contributed by atoms with Gasteiger partial charge in [-0.1, -0.05) is 42.5 Å². The number of aliphatic hydroxyl groups excluding tert-OH is 1. The molecule has 39 heavy (non-hydrogen) atoms. The molecule has 0 fully saturated rings. The van der Waals surface area contributed by atoms with E-state index >= 15 is 0 Å². The molecule has 3 N–H and O–H groups in total. The third kappa shape index (κ3) is 6.21. The van der Waals surface area contributed by atoms with Crippen LogP contribution in [0.15, 0.2) is 90.1 Å². The van der Waals surface area contributed by atoms with E-state index in [1.54, 1.807) is 24.4 Å². The summed E-state index contributed by atoms with van der Waals surface area (Å²) in [6.07, 6.45) is 2.03. The van der Waals surface area contributed by atoms with Crippen molar-refractivity contribution in [3.8, 4) is 11.3 Å². The molecule has 0 bridgehead atoms. The Hall–Kier alpha value is -4.36. The van der Waals surface area contributed by atoms with Crippen LogP contribution >= 0.6 is 0 Å². The van der Waals surface area contributed by atoms with E-state index in [0.29, 0.717) is 24.9 Å². The van der Waals surface area contributed by atoms with E-state index in [1.165, 1.54) is 12.1 Å². The zero-order valence-electron chi connectivity index (χ0n) is 22.0. The van der Waals surface area contributed by atoms with Crippen LogP contribution < -0.4 is 10.6 Å². The van der Waals surface area contributed by atoms with E-state index in [4.69, 9.17) is 0 Å². The van der Waals surface area contributed by atoms with Crippen LogP contribution in [0.25, 0.3) is 11.3 Å². The van der Waals surface area contributed by atoms with Crippen LogP contribution in [0.2, 0.25) is 0 Å². The molecule has 1 amide bonds. The number of halogens is 1. The van der Waals surface area contributed by atoms with Gasteiger partial charge >= 0.3 is 0 Å². The molecule has 7 heteroatoms. The van der Waals surface area contributed by atoms with Crippen LogP contribution in [0.1, 0.15) is 45.6 Å². The van der Waals surface area contributed by atoms with Crippen molar-refractivity contribution in [3.05, 3.63) is 119 Å². The smallest absolute Gasteiger partial charge is 0.253 e. The summed E-state index contributed by atoms with van der Waals surface area (Å²) >= 11 is 0. The Kier molecular flexibility index (Phi) is 7.79. The number of fused-ring (bicyclic) bond motifs is 1. The maximum Gasteiger partial charge on any atom is 0.253 e. The fourth-order valence-electron chi connectivity index (χ4n) is 4.90. The molecule has 1 heterocycles. The van der Waals surface area contributed by atoms with Crippen molar-refractivity contribution in [2.75, 3.05) is 11.9 Å². The maximum absolute atomic E-state index is 13.1. The number of carbonyl (C=O) groups excluding carboxylic acids is 1. The molecular formula is C32H31FN4O2. The van der Waals surface area contributed by atoms with Crippen LogP contribution in [0.4, 0.5) is 10.1 Å². The van der Waals surface area contributed by atoms with Gasteiger partial charge in [0.15, 0.2) is 0 Å². The largest absolute Gasteiger partial charge is 0.390 e. The van der Waals surface area contributed by atoms with Crippen LogP contribution in [0.5, 0.6) is 0 Å². The second kappa shape index (κ2) is 11.6. The number of amides is 1. The fourth-order valence-corrected chi connectivity index (χ4v) is 4.90. The topological polar surface area (TPSA) is 86.6 Å². The SMILES string of the molecule is CC(=NCCc1ccc(F)cc1)Nc1ccc2c(c1)[C@@H](NC(=O)c1ccc(-c3ccccc3C)nc1)[C@H](O)C2. The predicted octanol–water partition coefficient (Wildman–Crippen LogP) is 5.66. The number of nitrogens with zero attached hydrogens (tertiary/aromatic N) is 2. The number of amidine groups is 1. The highest BCUT2D eigenvalue weighted by Crippen LogP contribution is 2.34. The lowest BCUT2D eigenvalue weighted by molar-refractivity contribution is 0.0858. The lowest BCUT2D eigenvalue weighted by Crippen LogP contribution is -2.34. The number of carbonyl (C=O) groups is 1. The molecule has 0 spiro atoms. The molecule has 0 unspecified atom stereocenters. The van der Waals surface area contributed by atoms with Gasteiger partial charge < -0.3 is 15.7 Å². The lowest BCUT2D eigenvalue weighted by atomic mass is 10.0. The van der Waals surface area contributed by atoms with Gasteiger partial charge in [-0.05, 0) is 78.9 Å². The highest BCUT2D eigenvalue weighted by atomic mass is 19.1. The Morgan fingerprint density at radius 1 is 1.08 bits per heavy atom. The molecule has 3 aromatic carbocycles. The second-order valence-corrected chi connectivity index (χ2v) is 9.85. The summed E-state index contributed by atoms with van der Waals surface area (Å²) in [6.45, 7) is 4.49. The van der Waals surface area contributed by atoms with E-state index in [1.807, 2.05) is 62.4 Å². The molecule has 0 saturated heterocycles. The van der Waals surface area contributed by atoms with E-state index in [9.17, 15) is 14.3 Å². The van der Waals surface area contributed by atoms with E-state index in [-0.39, 0.29) is 11.7 Å². The number of rotatable bonds is 7. The minimum absolute atomic E-state index is 0.246. The van der Waals surface area contributed by atoms with Gasteiger partial charge in [0.05, 0.1) is 29.2 Å². The van der Waals surface area contributed by atoms with Gasteiger partial charge in [-0.2, -0.15) is 0 Å². The molecule has 1 aliphatic carbocycles. The zero-order chi connectivity index (χ0) is 27.4. The lowest BCUT2D eigenvalue weighted by Gasteiger charge is -2.19. The van der Waals surface area contributed by atoms with Crippen molar-refractivity contribution in [2.45, 2.75) is 38.8 Å². The van der Waals surface area contributed by atoms with Gasteiger partial charge in [0.1, 0.15) is 5.82 Å². The number of hydrogen-bond acceptors (Lipinski definition) is 4. The van der Waals surface area contributed by atoms with Crippen molar-refractivity contribution >= 4 is 17.4 Å². The van der Waals surface area contributed by atoms with Crippen molar-refractivity contribution < 1.29 is 14.3 Å². The number of pyridine rings is 1. The molecule has 0 aliphatic heterocycles. The number of aromatic nitrogens is 1. The quantitative estimate of drug-likeness (QED) is 0.216. The molecule has 198 valence electrons. The Morgan fingerprint density at radius 2 is 1.87 bits per heavy atom.